The molecule has 29 heavy (non-hydrogen) atoms. The van der Waals surface area contributed by atoms with E-state index in [0.29, 0.717) is 0 Å². The van der Waals surface area contributed by atoms with E-state index in [1.165, 1.54) is 16.8 Å². The number of likely N-dealkylation sites (N-methyl/N-ethyl adjacent to an activating group) is 1. The van der Waals surface area contributed by atoms with E-state index in [2.05, 4.69) is 0 Å². The molecule has 162 valence electrons. The molecule has 1 saturated carbocycles. The van der Waals surface area contributed by atoms with E-state index < -0.39 is 28.3 Å². The molecule has 1 aromatic carbocycles. The van der Waals surface area contributed by atoms with Crippen LogP contribution in [0.5, 0.6) is 5.75 Å². The predicted molar refractivity (Wildman–Crippen MR) is 108 cm³/mol. The molecule has 2 rings (SSSR count). The van der Waals surface area contributed by atoms with Crippen LogP contribution in [-0.4, -0.2) is 67.4 Å². The molecular formula is C20H30N2O6S. The summed E-state index contributed by atoms with van der Waals surface area (Å²) in [6.07, 6.45) is 5.18. The van der Waals surface area contributed by atoms with Crippen molar-refractivity contribution in [2.75, 3.05) is 26.7 Å². The van der Waals surface area contributed by atoms with Gasteiger partial charge in [-0.1, -0.05) is 33.1 Å². The third-order valence-corrected chi connectivity index (χ3v) is 7.42. The Kier molecular flexibility index (Phi) is 8.04. The first-order chi connectivity index (χ1) is 13.7. The van der Waals surface area contributed by atoms with Crippen molar-refractivity contribution in [1.29, 1.82) is 0 Å². The van der Waals surface area contributed by atoms with Crippen molar-refractivity contribution >= 4 is 21.9 Å². The number of sulfonamides is 1. The summed E-state index contributed by atoms with van der Waals surface area (Å²) < 4.78 is 31.6. The van der Waals surface area contributed by atoms with Crippen LogP contribution in [0.25, 0.3) is 0 Å². The Morgan fingerprint density at radius 3 is 2.34 bits per heavy atom. The van der Waals surface area contributed by atoms with Crippen molar-refractivity contribution in [3.8, 4) is 5.75 Å². The molecule has 9 heteroatoms. The average Bonchev–Trinajstić information content (AvgIpc) is 2.72. The highest BCUT2D eigenvalue weighted by Crippen LogP contribution is 2.25. The average molecular weight is 427 g/mol. The van der Waals surface area contributed by atoms with E-state index in [1.54, 1.807) is 25.8 Å². The number of rotatable bonds is 8. The summed E-state index contributed by atoms with van der Waals surface area (Å²) in [5.74, 6) is -1.66. The smallest absolute Gasteiger partial charge is 0.342 e. The zero-order chi connectivity index (χ0) is 21.6. The van der Waals surface area contributed by atoms with Crippen molar-refractivity contribution < 1.29 is 27.9 Å². The Hall–Kier alpha value is -2.13. The van der Waals surface area contributed by atoms with Gasteiger partial charge in [0.15, 0.2) is 6.61 Å². The van der Waals surface area contributed by atoms with Gasteiger partial charge >= 0.3 is 5.97 Å². The zero-order valence-electron chi connectivity index (χ0n) is 17.3. The summed E-state index contributed by atoms with van der Waals surface area (Å²) in [5.41, 5.74) is -0.286. The minimum Gasteiger partial charge on any atom is -0.507 e. The molecule has 0 aromatic heterocycles. The van der Waals surface area contributed by atoms with E-state index in [1.807, 2.05) is 0 Å². The summed E-state index contributed by atoms with van der Waals surface area (Å²) in [4.78, 5) is 26.2. The first kappa shape index (κ1) is 23.2. The lowest BCUT2D eigenvalue weighted by atomic mass is 9.94. The summed E-state index contributed by atoms with van der Waals surface area (Å²) in [6.45, 7) is 3.53. The Morgan fingerprint density at radius 2 is 1.76 bits per heavy atom. The largest absolute Gasteiger partial charge is 0.507 e. The highest BCUT2D eigenvalue weighted by Gasteiger charge is 2.26. The van der Waals surface area contributed by atoms with Crippen LogP contribution in [0, 0.1) is 0 Å². The Labute approximate surface area is 172 Å². The van der Waals surface area contributed by atoms with Gasteiger partial charge in [-0.05, 0) is 31.0 Å². The van der Waals surface area contributed by atoms with Crippen molar-refractivity contribution in [3.05, 3.63) is 23.8 Å². The molecule has 0 aliphatic heterocycles. The van der Waals surface area contributed by atoms with Crippen molar-refractivity contribution in [2.45, 2.75) is 56.9 Å². The second kappa shape index (κ2) is 10.1. The number of carbonyl (C=O) groups excluding carboxylic acids is 2. The summed E-state index contributed by atoms with van der Waals surface area (Å²) in [6, 6.07) is 3.61. The quantitative estimate of drug-likeness (QED) is 0.640. The molecule has 0 saturated heterocycles. The van der Waals surface area contributed by atoms with E-state index in [-0.39, 0.29) is 35.5 Å². The number of esters is 1. The number of aromatic hydroxyl groups is 1. The fraction of sp³-hybridized carbons (Fsp3) is 0.600. The van der Waals surface area contributed by atoms with Crippen LogP contribution in [-0.2, 0) is 19.6 Å². The molecule has 1 aliphatic carbocycles. The van der Waals surface area contributed by atoms with Gasteiger partial charge in [0.1, 0.15) is 11.3 Å². The molecule has 0 spiro atoms. The Bertz CT molecular complexity index is 829. The van der Waals surface area contributed by atoms with Crippen molar-refractivity contribution in [2.24, 2.45) is 0 Å². The molecule has 1 fully saturated rings. The molecule has 0 unspecified atom stereocenters. The van der Waals surface area contributed by atoms with E-state index in [0.717, 1.165) is 37.8 Å². The number of phenols is 1. The second-order valence-electron chi connectivity index (χ2n) is 7.14. The molecule has 0 atom stereocenters. The lowest BCUT2D eigenvalue weighted by Crippen LogP contribution is -2.40. The summed E-state index contributed by atoms with van der Waals surface area (Å²) in [5, 5.41) is 10.00. The number of benzene rings is 1. The highest BCUT2D eigenvalue weighted by atomic mass is 32.2. The van der Waals surface area contributed by atoms with E-state index >= 15 is 0 Å². The van der Waals surface area contributed by atoms with Gasteiger partial charge in [0, 0.05) is 26.2 Å². The maximum atomic E-state index is 12.6. The predicted octanol–water partition coefficient (Wildman–Crippen LogP) is 2.37. The third kappa shape index (κ3) is 5.48. The van der Waals surface area contributed by atoms with Crippen molar-refractivity contribution in [3.63, 3.8) is 0 Å². The minimum atomic E-state index is -3.79. The molecule has 1 aliphatic rings. The van der Waals surface area contributed by atoms with Crippen LogP contribution in [0.1, 0.15) is 56.3 Å². The number of carbonyl (C=O) groups is 2. The number of hydrogen-bond donors (Lipinski definition) is 1. The fourth-order valence-electron chi connectivity index (χ4n) is 3.53. The topological polar surface area (TPSA) is 104 Å². The summed E-state index contributed by atoms with van der Waals surface area (Å²) >= 11 is 0. The first-order valence-electron chi connectivity index (χ1n) is 9.98. The lowest BCUT2D eigenvalue weighted by molar-refractivity contribution is -0.135. The standard InChI is InChI=1S/C20H30N2O6S/c1-4-22(5-2)29(26,27)16-11-12-18(23)17(13-16)20(25)28-14-19(24)21(3)15-9-7-6-8-10-15/h11-13,15,23H,4-10,14H2,1-3H3. The molecule has 0 radical (unpaired) electrons. The number of amides is 1. The van der Waals surface area contributed by atoms with Crippen LogP contribution in [0.2, 0.25) is 0 Å². The number of phenolic OH excluding ortho intramolecular Hbond substituents is 1. The Balaban J connectivity index is 2.09. The van der Waals surface area contributed by atoms with Gasteiger partial charge in [-0.2, -0.15) is 4.31 Å². The monoisotopic (exact) mass is 426 g/mol. The van der Waals surface area contributed by atoms with Crippen LogP contribution in [0.3, 0.4) is 0 Å². The first-order valence-corrected chi connectivity index (χ1v) is 11.4. The van der Waals surface area contributed by atoms with E-state index in [4.69, 9.17) is 4.74 Å². The molecule has 1 aromatic rings. The second-order valence-corrected chi connectivity index (χ2v) is 9.08. The maximum Gasteiger partial charge on any atom is 0.342 e. The molecule has 8 nitrogen and oxygen atoms in total. The molecule has 1 N–H and O–H groups in total. The van der Waals surface area contributed by atoms with Gasteiger partial charge in [0.25, 0.3) is 5.91 Å². The number of nitrogens with zero attached hydrogens (tertiary/aromatic N) is 2. The Morgan fingerprint density at radius 1 is 1.14 bits per heavy atom. The van der Waals surface area contributed by atoms with Gasteiger partial charge in [-0.25, -0.2) is 13.2 Å². The van der Waals surface area contributed by atoms with Gasteiger partial charge in [0.05, 0.1) is 4.90 Å². The maximum absolute atomic E-state index is 12.6. The van der Waals surface area contributed by atoms with Gasteiger partial charge in [-0.15, -0.1) is 0 Å². The van der Waals surface area contributed by atoms with Crippen molar-refractivity contribution in [1.82, 2.24) is 9.21 Å². The highest BCUT2D eigenvalue weighted by molar-refractivity contribution is 7.89. The zero-order valence-corrected chi connectivity index (χ0v) is 18.1. The SMILES string of the molecule is CCN(CC)S(=O)(=O)c1ccc(O)c(C(=O)OCC(=O)N(C)C2CCCCC2)c1. The molecule has 1 amide bonds. The van der Waals surface area contributed by atoms with Gasteiger partial charge in [-0.3, -0.25) is 4.79 Å². The molecule has 0 bridgehead atoms. The van der Waals surface area contributed by atoms with Gasteiger partial charge < -0.3 is 14.7 Å². The van der Waals surface area contributed by atoms with Crippen LogP contribution < -0.4 is 0 Å². The normalized spacial score (nSPS) is 15.3. The van der Waals surface area contributed by atoms with E-state index in [9.17, 15) is 23.1 Å². The van der Waals surface area contributed by atoms with Crippen LogP contribution >= 0.6 is 0 Å². The molecular weight excluding hydrogens is 396 g/mol. The summed E-state index contributed by atoms with van der Waals surface area (Å²) in [7, 11) is -2.10. The number of ether oxygens (including phenoxy) is 1. The van der Waals surface area contributed by atoms with Gasteiger partial charge in [0.2, 0.25) is 10.0 Å². The van der Waals surface area contributed by atoms with Crippen LogP contribution in [0.4, 0.5) is 0 Å². The fourth-order valence-corrected chi connectivity index (χ4v) is 5.02. The number of hydrogen-bond acceptors (Lipinski definition) is 6. The minimum absolute atomic E-state index is 0.114. The third-order valence-electron chi connectivity index (χ3n) is 5.37. The van der Waals surface area contributed by atoms with Crippen LogP contribution in [0.15, 0.2) is 23.1 Å². The molecule has 0 heterocycles. The lowest BCUT2D eigenvalue weighted by Gasteiger charge is -2.31.